The maximum Gasteiger partial charge on any atom is 0.186 e. The molecule has 3 nitrogen and oxygen atoms in total. The van der Waals surface area contributed by atoms with Crippen molar-refractivity contribution in [1.29, 1.82) is 0 Å². The Morgan fingerprint density at radius 1 is 1.44 bits per heavy atom. The largest absolute Gasteiger partial charge is 0.344 e. The molecule has 1 fully saturated rings. The molecule has 0 radical (unpaired) electrons. The van der Waals surface area contributed by atoms with Gasteiger partial charge in [-0.2, -0.15) is 0 Å². The van der Waals surface area contributed by atoms with Gasteiger partial charge in [0.2, 0.25) is 0 Å². The number of nitrogens with zero attached hydrogens (tertiary/aromatic N) is 2. The number of aromatic nitrogens is 1. The highest BCUT2D eigenvalue weighted by atomic mass is 32.1. The number of nitrogens with two attached hydrogens (primary N) is 1. The van der Waals surface area contributed by atoms with Crippen LogP contribution in [0.5, 0.6) is 0 Å². The third kappa shape index (κ3) is 2.10. The van der Waals surface area contributed by atoms with E-state index in [0.717, 1.165) is 29.7 Å². The summed E-state index contributed by atoms with van der Waals surface area (Å²) in [6, 6.07) is 8.79. The minimum absolute atomic E-state index is 0.453. The van der Waals surface area contributed by atoms with E-state index in [-0.39, 0.29) is 0 Å². The topological polar surface area (TPSA) is 42.2 Å². The number of benzene rings is 1. The fourth-order valence-corrected chi connectivity index (χ4v) is 3.77. The lowest BCUT2D eigenvalue weighted by atomic mass is 9.93. The van der Waals surface area contributed by atoms with Crippen molar-refractivity contribution in [2.75, 3.05) is 18.0 Å². The van der Waals surface area contributed by atoms with Crippen molar-refractivity contribution < 1.29 is 0 Å². The zero-order valence-corrected chi connectivity index (χ0v) is 11.5. The Hall–Kier alpha value is -1.13. The van der Waals surface area contributed by atoms with Crippen molar-refractivity contribution in [3.8, 4) is 0 Å². The normalized spacial score (nSPS) is 24.7. The van der Waals surface area contributed by atoms with E-state index < -0.39 is 0 Å². The highest BCUT2D eigenvalue weighted by Crippen LogP contribution is 2.33. The van der Waals surface area contributed by atoms with Gasteiger partial charge in [-0.25, -0.2) is 4.98 Å². The molecule has 1 saturated heterocycles. The van der Waals surface area contributed by atoms with E-state index in [4.69, 9.17) is 10.7 Å². The Balaban J connectivity index is 1.92. The molecule has 2 aromatic rings. The van der Waals surface area contributed by atoms with Crippen LogP contribution in [-0.4, -0.2) is 24.1 Å². The number of para-hydroxylation sites is 1. The lowest BCUT2D eigenvalue weighted by Gasteiger charge is -2.37. The number of thiazole rings is 1. The van der Waals surface area contributed by atoms with Crippen LogP contribution in [0.15, 0.2) is 24.3 Å². The summed E-state index contributed by atoms with van der Waals surface area (Å²) in [5, 5.41) is 1.14. The summed E-state index contributed by atoms with van der Waals surface area (Å²) in [4.78, 5) is 7.16. The van der Waals surface area contributed by atoms with E-state index in [2.05, 4.69) is 30.0 Å². The van der Waals surface area contributed by atoms with E-state index >= 15 is 0 Å². The van der Waals surface area contributed by atoms with Crippen molar-refractivity contribution in [2.24, 2.45) is 11.7 Å². The summed E-state index contributed by atoms with van der Waals surface area (Å²) in [6.07, 6.45) is 2.43. The minimum Gasteiger partial charge on any atom is -0.344 e. The molecule has 2 atom stereocenters. The van der Waals surface area contributed by atoms with Gasteiger partial charge in [0.05, 0.1) is 10.2 Å². The summed E-state index contributed by atoms with van der Waals surface area (Å²) >= 11 is 1.78. The number of hydrogen-bond donors (Lipinski definition) is 1. The van der Waals surface area contributed by atoms with Gasteiger partial charge in [-0.15, -0.1) is 0 Å². The Bertz CT molecular complexity index is 504. The molecule has 0 amide bonds. The van der Waals surface area contributed by atoms with Crippen LogP contribution in [0.4, 0.5) is 5.13 Å². The van der Waals surface area contributed by atoms with Crippen molar-refractivity contribution in [3.05, 3.63) is 24.3 Å². The van der Waals surface area contributed by atoms with Gasteiger partial charge >= 0.3 is 0 Å². The van der Waals surface area contributed by atoms with Crippen LogP contribution in [0.2, 0.25) is 0 Å². The Morgan fingerprint density at radius 3 is 3.06 bits per heavy atom. The summed E-state index contributed by atoms with van der Waals surface area (Å²) < 4.78 is 1.27. The van der Waals surface area contributed by atoms with Crippen LogP contribution in [0, 0.1) is 5.92 Å². The van der Waals surface area contributed by atoms with Crippen molar-refractivity contribution in [1.82, 2.24) is 4.98 Å². The van der Waals surface area contributed by atoms with Crippen LogP contribution < -0.4 is 10.6 Å². The summed E-state index contributed by atoms with van der Waals surface area (Å²) in [7, 11) is 0. The number of fused-ring (bicyclic) bond motifs is 1. The highest BCUT2D eigenvalue weighted by molar-refractivity contribution is 7.22. The average molecular weight is 261 g/mol. The second kappa shape index (κ2) is 4.86. The lowest BCUT2D eigenvalue weighted by molar-refractivity contribution is 0.366. The first kappa shape index (κ1) is 11.9. The van der Waals surface area contributed by atoms with Gasteiger partial charge < -0.3 is 10.6 Å². The maximum atomic E-state index is 5.92. The fraction of sp³-hybridized carbons (Fsp3) is 0.500. The molecule has 18 heavy (non-hydrogen) atoms. The van der Waals surface area contributed by atoms with Crippen LogP contribution in [-0.2, 0) is 0 Å². The smallest absolute Gasteiger partial charge is 0.186 e. The number of rotatable bonds is 2. The van der Waals surface area contributed by atoms with Gasteiger partial charge in [-0.3, -0.25) is 0 Å². The molecule has 96 valence electrons. The summed E-state index contributed by atoms with van der Waals surface area (Å²) in [5.74, 6) is 0.782. The predicted octanol–water partition coefficient (Wildman–Crippen LogP) is 2.86. The van der Waals surface area contributed by atoms with Crippen LogP contribution in [0.3, 0.4) is 0 Å². The van der Waals surface area contributed by atoms with Gasteiger partial charge in [0.25, 0.3) is 0 Å². The van der Waals surface area contributed by atoms with Crippen LogP contribution >= 0.6 is 11.3 Å². The van der Waals surface area contributed by atoms with Crippen LogP contribution in [0.1, 0.15) is 19.8 Å². The molecule has 1 aromatic heterocycles. The molecule has 0 saturated carbocycles. The first-order valence-corrected chi connectivity index (χ1v) is 7.42. The second-order valence-corrected chi connectivity index (χ2v) is 6.19. The van der Waals surface area contributed by atoms with Crippen molar-refractivity contribution in [2.45, 2.75) is 25.8 Å². The molecule has 2 unspecified atom stereocenters. The molecule has 4 heteroatoms. The van der Waals surface area contributed by atoms with Crippen LogP contribution in [0.25, 0.3) is 10.2 Å². The zero-order chi connectivity index (χ0) is 12.5. The molecule has 1 aromatic carbocycles. The van der Waals surface area contributed by atoms with Crippen molar-refractivity contribution in [3.63, 3.8) is 0 Å². The Morgan fingerprint density at radius 2 is 2.28 bits per heavy atom. The first-order valence-electron chi connectivity index (χ1n) is 6.60. The molecule has 2 N–H and O–H groups in total. The first-order chi connectivity index (χ1) is 8.78. The van der Waals surface area contributed by atoms with Gasteiger partial charge in [-0.05, 0) is 30.9 Å². The van der Waals surface area contributed by atoms with Gasteiger partial charge in [-0.1, -0.05) is 30.4 Å². The van der Waals surface area contributed by atoms with E-state index in [1.807, 2.05) is 6.07 Å². The molecule has 0 aliphatic carbocycles. The van der Waals surface area contributed by atoms with E-state index in [0.29, 0.717) is 6.04 Å². The SMILES string of the molecule is CC1CCN(c2nc3ccccc3s2)C(CN)C1. The summed E-state index contributed by atoms with van der Waals surface area (Å²) in [5.41, 5.74) is 7.03. The van der Waals surface area contributed by atoms with E-state index in [9.17, 15) is 0 Å². The molecule has 0 bridgehead atoms. The lowest BCUT2D eigenvalue weighted by Crippen LogP contribution is -2.46. The molecule has 1 aliphatic heterocycles. The quantitative estimate of drug-likeness (QED) is 0.904. The van der Waals surface area contributed by atoms with E-state index in [1.54, 1.807) is 11.3 Å². The predicted molar refractivity (Wildman–Crippen MR) is 78.2 cm³/mol. The molecule has 3 rings (SSSR count). The molecular formula is C14H19N3S. The van der Waals surface area contributed by atoms with Crippen molar-refractivity contribution >= 4 is 26.7 Å². The average Bonchev–Trinajstić information content (AvgIpc) is 2.82. The third-order valence-electron chi connectivity index (χ3n) is 3.78. The van der Waals surface area contributed by atoms with Gasteiger partial charge in [0, 0.05) is 19.1 Å². The Labute approximate surface area is 112 Å². The molecule has 0 spiro atoms. The minimum atomic E-state index is 0.453. The maximum absolute atomic E-state index is 5.92. The van der Waals surface area contributed by atoms with E-state index in [1.165, 1.54) is 17.5 Å². The fourth-order valence-electron chi connectivity index (χ4n) is 2.71. The van der Waals surface area contributed by atoms with Gasteiger partial charge in [0.1, 0.15) is 0 Å². The Kier molecular flexibility index (Phi) is 3.22. The standard InChI is InChI=1S/C14H19N3S/c1-10-6-7-17(11(8-10)9-15)14-16-12-4-2-3-5-13(12)18-14/h2-5,10-11H,6-9,15H2,1H3. The monoisotopic (exact) mass is 261 g/mol. The third-order valence-corrected chi connectivity index (χ3v) is 4.85. The molecular weight excluding hydrogens is 242 g/mol. The number of piperidine rings is 1. The second-order valence-electron chi connectivity index (χ2n) is 5.18. The number of anilines is 1. The zero-order valence-electron chi connectivity index (χ0n) is 10.7. The highest BCUT2D eigenvalue weighted by Gasteiger charge is 2.27. The summed E-state index contributed by atoms with van der Waals surface area (Å²) in [6.45, 7) is 4.13. The molecule has 1 aliphatic rings. The number of hydrogen-bond acceptors (Lipinski definition) is 4. The molecule has 2 heterocycles. The van der Waals surface area contributed by atoms with Gasteiger partial charge in [0.15, 0.2) is 5.13 Å².